The fraction of sp³-hybridized carbons (Fsp3) is 0. The highest BCUT2D eigenvalue weighted by Crippen LogP contribution is 2.02. The third-order valence-electron chi connectivity index (χ3n) is 1.08. The molecule has 0 saturated heterocycles. The van der Waals surface area contributed by atoms with E-state index in [1.54, 1.807) is 0 Å². The van der Waals surface area contributed by atoms with E-state index in [9.17, 15) is 0 Å². The second-order valence-corrected chi connectivity index (χ2v) is 2.60. The van der Waals surface area contributed by atoms with E-state index in [4.69, 9.17) is 0 Å². The molecule has 8 heavy (non-hydrogen) atoms. The predicted molar refractivity (Wildman–Crippen MR) is 42.3 cm³/mol. The molecule has 0 amide bonds. The quantitative estimate of drug-likeness (QED) is 0.501. The van der Waals surface area contributed by atoms with Crippen LogP contribution in [-0.2, 0) is 0 Å². The van der Waals surface area contributed by atoms with Crippen LogP contribution < -0.4 is 5.46 Å². The summed E-state index contributed by atoms with van der Waals surface area (Å²) in [4.78, 5) is 0. The molecule has 0 radical (unpaired) electrons. The Morgan fingerprint density at radius 1 is 1.25 bits per heavy atom. The molecule has 0 aliphatic rings. The molecule has 0 N–H and O–H groups in total. The van der Waals surface area contributed by atoms with Crippen molar-refractivity contribution in [2.24, 2.45) is 0 Å². The van der Waals surface area contributed by atoms with Crippen molar-refractivity contribution < 1.29 is 0 Å². The number of halogens is 1. The van der Waals surface area contributed by atoms with E-state index < -0.39 is 0 Å². The van der Waals surface area contributed by atoms with Crippen LogP contribution in [0, 0.1) is 0 Å². The Morgan fingerprint density at radius 2 is 1.88 bits per heavy atom. The predicted octanol–water partition coefficient (Wildman–Crippen LogP) is 0.708. The molecule has 1 aromatic carbocycles. The minimum atomic E-state index is 1.18. The molecule has 0 nitrogen and oxygen atoms in total. The van der Waals surface area contributed by atoms with Crippen molar-refractivity contribution in [2.75, 3.05) is 0 Å². The lowest BCUT2D eigenvalue weighted by atomic mass is 9.97. The van der Waals surface area contributed by atoms with Crippen LogP contribution in [0.25, 0.3) is 0 Å². The number of hydrogen-bond acceptors (Lipinski definition) is 0. The van der Waals surface area contributed by atoms with E-state index in [2.05, 4.69) is 29.8 Å². The molecule has 0 aliphatic heterocycles. The van der Waals surface area contributed by atoms with Crippen LogP contribution in [-0.4, -0.2) is 7.85 Å². The van der Waals surface area contributed by atoms with Crippen LogP contribution >= 0.6 is 15.9 Å². The van der Waals surface area contributed by atoms with Gasteiger partial charge >= 0.3 is 0 Å². The van der Waals surface area contributed by atoms with Crippen LogP contribution in [0.4, 0.5) is 0 Å². The molecule has 40 valence electrons. The zero-order chi connectivity index (χ0) is 5.98. The number of hydrogen-bond donors (Lipinski definition) is 0. The maximum Gasteiger partial charge on any atom is 0.140 e. The summed E-state index contributed by atoms with van der Waals surface area (Å²) in [7, 11) is 2.07. The Bertz CT molecular complexity index is 165. The average molecular weight is 169 g/mol. The minimum absolute atomic E-state index is 1.18. The highest BCUT2D eigenvalue weighted by atomic mass is 79.9. The molecule has 0 unspecified atom stereocenters. The van der Waals surface area contributed by atoms with Crippen LogP contribution in [0.15, 0.2) is 28.7 Å². The molecule has 1 aromatic rings. The zero-order valence-corrected chi connectivity index (χ0v) is 6.27. The molecular formula is C6H6BBr. The summed E-state index contributed by atoms with van der Waals surface area (Å²) in [6.45, 7) is 0. The topological polar surface area (TPSA) is 0 Å². The van der Waals surface area contributed by atoms with Gasteiger partial charge in [-0.1, -0.05) is 39.6 Å². The minimum Gasteiger partial charge on any atom is -0.0750 e. The molecule has 0 heterocycles. The molecule has 0 aromatic heterocycles. The van der Waals surface area contributed by atoms with Crippen molar-refractivity contribution in [3.05, 3.63) is 28.7 Å². The van der Waals surface area contributed by atoms with Gasteiger partial charge in [0, 0.05) is 4.47 Å². The Kier molecular flexibility index (Phi) is 1.74. The lowest BCUT2D eigenvalue weighted by Crippen LogP contribution is -2.01. The standard InChI is InChI=1S/C6H6BBr/c7-5-3-1-2-4-6(5)8/h1-4H,7H2. The molecular weight excluding hydrogens is 163 g/mol. The van der Waals surface area contributed by atoms with Gasteiger partial charge in [-0.2, -0.15) is 0 Å². The smallest absolute Gasteiger partial charge is 0.0750 e. The maximum atomic E-state index is 3.40. The van der Waals surface area contributed by atoms with Gasteiger partial charge in [0.1, 0.15) is 7.85 Å². The van der Waals surface area contributed by atoms with Crippen molar-refractivity contribution >= 4 is 29.2 Å². The summed E-state index contributed by atoms with van der Waals surface area (Å²) >= 11 is 3.40. The fourth-order valence-corrected chi connectivity index (χ4v) is 0.836. The second-order valence-electron chi connectivity index (χ2n) is 1.75. The Morgan fingerprint density at radius 3 is 2.25 bits per heavy atom. The first-order valence-electron chi connectivity index (χ1n) is 2.52. The van der Waals surface area contributed by atoms with Crippen LogP contribution in [0.2, 0.25) is 0 Å². The van der Waals surface area contributed by atoms with Gasteiger partial charge in [-0.05, 0) is 6.07 Å². The zero-order valence-electron chi connectivity index (χ0n) is 4.69. The van der Waals surface area contributed by atoms with Gasteiger partial charge < -0.3 is 0 Å². The summed E-state index contributed by atoms with van der Waals surface area (Å²) in [5.74, 6) is 0. The van der Waals surface area contributed by atoms with Crippen LogP contribution in [0.3, 0.4) is 0 Å². The summed E-state index contributed by atoms with van der Waals surface area (Å²) < 4.78 is 1.18. The Balaban J connectivity index is 3.13. The van der Waals surface area contributed by atoms with E-state index >= 15 is 0 Å². The van der Waals surface area contributed by atoms with Gasteiger partial charge in [0.25, 0.3) is 0 Å². The molecule has 2 heteroatoms. The number of benzene rings is 1. The normalized spacial score (nSPS) is 9.12. The van der Waals surface area contributed by atoms with Gasteiger partial charge in [-0.15, -0.1) is 0 Å². The van der Waals surface area contributed by atoms with E-state index in [0.29, 0.717) is 0 Å². The first-order valence-corrected chi connectivity index (χ1v) is 3.31. The summed E-state index contributed by atoms with van der Waals surface area (Å²) in [6, 6.07) is 8.15. The maximum absolute atomic E-state index is 3.40. The largest absolute Gasteiger partial charge is 0.140 e. The summed E-state index contributed by atoms with van der Waals surface area (Å²) in [5, 5.41) is 0. The first-order chi connectivity index (χ1) is 3.80. The van der Waals surface area contributed by atoms with Gasteiger partial charge in [0.2, 0.25) is 0 Å². The average Bonchev–Trinajstić information content (AvgIpc) is 1.77. The summed E-state index contributed by atoms with van der Waals surface area (Å²) in [5.41, 5.74) is 1.28. The molecule has 0 bridgehead atoms. The SMILES string of the molecule is Bc1ccccc1Br. The van der Waals surface area contributed by atoms with Crippen molar-refractivity contribution in [3.8, 4) is 0 Å². The monoisotopic (exact) mass is 168 g/mol. The molecule has 0 aliphatic carbocycles. The Labute approximate surface area is 58.5 Å². The van der Waals surface area contributed by atoms with Gasteiger partial charge in [0.15, 0.2) is 0 Å². The molecule has 0 atom stereocenters. The van der Waals surface area contributed by atoms with Crippen molar-refractivity contribution in [1.82, 2.24) is 0 Å². The third kappa shape index (κ3) is 1.13. The van der Waals surface area contributed by atoms with Crippen molar-refractivity contribution in [3.63, 3.8) is 0 Å². The highest BCUT2D eigenvalue weighted by molar-refractivity contribution is 9.10. The van der Waals surface area contributed by atoms with E-state index in [1.165, 1.54) is 9.94 Å². The molecule has 0 spiro atoms. The fourth-order valence-electron chi connectivity index (χ4n) is 0.551. The van der Waals surface area contributed by atoms with E-state index in [0.717, 1.165) is 0 Å². The lowest BCUT2D eigenvalue weighted by Gasteiger charge is -1.91. The molecule has 0 saturated carbocycles. The van der Waals surface area contributed by atoms with Crippen molar-refractivity contribution in [1.29, 1.82) is 0 Å². The first kappa shape index (κ1) is 5.89. The highest BCUT2D eigenvalue weighted by Gasteiger charge is 1.86. The van der Waals surface area contributed by atoms with Gasteiger partial charge in [-0.3, -0.25) is 0 Å². The summed E-state index contributed by atoms with van der Waals surface area (Å²) in [6.07, 6.45) is 0. The molecule has 0 fully saturated rings. The molecule has 1 rings (SSSR count). The third-order valence-corrected chi connectivity index (χ3v) is 1.97. The van der Waals surface area contributed by atoms with E-state index in [1.807, 2.05) is 18.2 Å². The second kappa shape index (κ2) is 2.36. The van der Waals surface area contributed by atoms with Crippen LogP contribution in [0.1, 0.15) is 0 Å². The number of rotatable bonds is 0. The van der Waals surface area contributed by atoms with Crippen LogP contribution in [0.5, 0.6) is 0 Å². The van der Waals surface area contributed by atoms with Gasteiger partial charge in [-0.25, -0.2) is 0 Å². The Hall–Kier alpha value is -0.235. The van der Waals surface area contributed by atoms with Gasteiger partial charge in [0.05, 0.1) is 0 Å². The van der Waals surface area contributed by atoms with Crippen molar-refractivity contribution in [2.45, 2.75) is 0 Å². The lowest BCUT2D eigenvalue weighted by molar-refractivity contribution is 1.72. The van der Waals surface area contributed by atoms with E-state index in [-0.39, 0.29) is 0 Å².